The Balaban J connectivity index is 4.22. The maximum Gasteiger partial charge on any atom is 0.0121 e. The minimum Gasteiger partial charge on any atom is -0.120 e. The molecule has 0 unspecified atom stereocenters. The molecule has 0 aromatic carbocycles. The van der Waals surface area contributed by atoms with E-state index in [9.17, 15) is 0 Å². The van der Waals surface area contributed by atoms with Gasteiger partial charge >= 0.3 is 0 Å². The van der Waals surface area contributed by atoms with Gasteiger partial charge in [-0.2, -0.15) is 0 Å². The highest BCUT2D eigenvalue weighted by Crippen LogP contribution is 2.17. The van der Waals surface area contributed by atoms with Gasteiger partial charge in [0.2, 0.25) is 0 Å². The number of unbranched alkanes of at least 4 members (excludes halogenated alkanes) is 1. The van der Waals surface area contributed by atoms with Gasteiger partial charge in [0.05, 0.1) is 0 Å². The lowest BCUT2D eigenvalue weighted by atomic mass is 10.0. The van der Waals surface area contributed by atoms with Crippen LogP contribution in [0.3, 0.4) is 0 Å². The summed E-state index contributed by atoms with van der Waals surface area (Å²) in [4.78, 5) is 0. The third-order valence-corrected chi connectivity index (χ3v) is 9.09. The minimum atomic E-state index is 0.846. The molecule has 0 amide bonds. The third-order valence-electron chi connectivity index (χ3n) is 9.09. The topological polar surface area (TPSA) is 0 Å². The van der Waals surface area contributed by atoms with E-state index in [0.29, 0.717) is 0 Å². The maximum atomic E-state index is 5.34. The van der Waals surface area contributed by atoms with Crippen molar-refractivity contribution >= 4 is 0 Å². The second kappa shape index (κ2) is 30.3. The van der Waals surface area contributed by atoms with Crippen molar-refractivity contribution in [2.75, 3.05) is 0 Å². The van der Waals surface area contributed by atoms with Crippen molar-refractivity contribution in [3.63, 3.8) is 0 Å². The number of hydrogen-bond donors (Lipinski definition) is 0. The van der Waals surface area contributed by atoms with Crippen LogP contribution >= 0.6 is 0 Å². The summed E-state index contributed by atoms with van der Waals surface area (Å²) < 4.78 is 0. The first kappa shape index (κ1) is 45.2. The standard InChI is InChI=1S/C48H76/c1-12-13-14-24-41(4)26-16-28-43(6)30-18-32-45(8)34-20-36-47(10)38-22-39-48(11)37-21-35-46(9)33-19-31-44(7)29-17-27-42(5)25-15-23-40(2)3/h1,23-24,27-28,31-32,35-36,39H,13-22,25-26,29-30,33-34,37-38H2,2-11H3/b41-24-,42-27+,43-28+,44-31+,45-32+,46-35+,47-36+,48-39+. The predicted octanol–water partition coefficient (Wildman–Crippen LogP) is 16.2. The fourth-order valence-electron chi connectivity index (χ4n) is 5.63. The molecule has 268 valence electrons. The van der Waals surface area contributed by atoms with Gasteiger partial charge in [0.1, 0.15) is 0 Å². The van der Waals surface area contributed by atoms with E-state index in [1.165, 1.54) is 108 Å². The van der Waals surface area contributed by atoms with Crippen molar-refractivity contribution in [3.8, 4) is 12.3 Å². The van der Waals surface area contributed by atoms with Gasteiger partial charge < -0.3 is 0 Å². The lowest BCUT2D eigenvalue weighted by molar-refractivity contribution is 0.880. The van der Waals surface area contributed by atoms with E-state index in [1.807, 2.05) is 0 Å². The second-order valence-electron chi connectivity index (χ2n) is 14.7. The summed E-state index contributed by atoms with van der Waals surface area (Å²) >= 11 is 0. The molecule has 0 spiro atoms. The van der Waals surface area contributed by atoms with Crippen molar-refractivity contribution in [1.29, 1.82) is 0 Å². The van der Waals surface area contributed by atoms with Crippen molar-refractivity contribution < 1.29 is 0 Å². The average molecular weight is 653 g/mol. The summed E-state index contributed by atoms with van der Waals surface area (Å²) in [6.45, 7) is 22.6. The van der Waals surface area contributed by atoms with E-state index >= 15 is 0 Å². The van der Waals surface area contributed by atoms with Crippen molar-refractivity contribution in [3.05, 3.63) is 105 Å². The van der Waals surface area contributed by atoms with E-state index in [0.717, 1.165) is 57.8 Å². The van der Waals surface area contributed by atoms with Crippen molar-refractivity contribution in [2.45, 2.75) is 185 Å². The fourth-order valence-corrected chi connectivity index (χ4v) is 5.63. The van der Waals surface area contributed by atoms with Crippen LogP contribution in [0.1, 0.15) is 185 Å². The molecular formula is C48H76. The van der Waals surface area contributed by atoms with Crippen LogP contribution in [-0.4, -0.2) is 0 Å². The SMILES string of the molecule is C#CCC/C=C(/C)CC/C=C(\C)CC/C=C(\C)CC/C=C(\C)CC/C=C(\C)CC/C=C(\C)CC/C=C(\C)CC/C=C(\C)CCC=C(C)C. The Kier molecular flexibility index (Phi) is 28.5. The number of terminal acetylenes is 1. The van der Waals surface area contributed by atoms with Crippen LogP contribution in [0.2, 0.25) is 0 Å². The molecule has 0 heterocycles. The Labute approximate surface area is 301 Å². The largest absolute Gasteiger partial charge is 0.120 e. The quantitative estimate of drug-likeness (QED) is 0.0495. The Morgan fingerprint density at radius 3 is 0.688 bits per heavy atom. The van der Waals surface area contributed by atoms with E-state index in [2.05, 4.69) is 130 Å². The molecule has 0 aliphatic heterocycles. The smallest absolute Gasteiger partial charge is 0.0121 e. The Bertz CT molecular complexity index is 1200. The normalized spacial score (nSPS) is 14.4. The Hall–Kier alpha value is -2.78. The fraction of sp³-hybridized carbons (Fsp3) is 0.583. The number of rotatable bonds is 26. The van der Waals surface area contributed by atoms with E-state index in [-0.39, 0.29) is 0 Å². The van der Waals surface area contributed by atoms with Crippen molar-refractivity contribution in [2.24, 2.45) is 0 Å². The van der Waals surface area contributed by atoms with Gasteiger partial charge in [-0.25, -0.2) is 0 Å². The summed E-state index contributed by atoms with van der Waals surface area (Å²) in [5, 5.41) is 0. The molecule has 0 saturated carbocycles. The molecule has 0 heteroatoms. The molecular weight excluding hydrogens is 577 g/mol. The van der Waals surface area contributed by atoms with E-state index < -0.39 is 0 Å². The first-order valence-corrected chi connectivity index (χ1v) is 19.2. The zero-order chi connectivity index (χ0) is 36.0. The van der Waals surface area contributed by atoms with Gasteiger partial charge in [-0.3, -0.25) is 0 Å². The van der Waals surface area contributed by atoms with Gasteiger partial charge in [-0.1, -0.05) is 105 Å². The van der Waals surface area contributed by atoms with Crippen LogP contribution in [0.4, 0.5) is 0 Å². The molecule has 0 saturated heterocycles. The van der Waals surface area contributed by atoms with Gasteiger partial charge in [-0.15, -0.1) is 12.3 Å². The molecule has 0 aromatic heterocycles. The van der Waals surface area contributed by atoms with Gasteiger partial charge in [0.15, 0.2) is 0 Å². The number of hydrogen-bond acceptors (Lipinski definition) is 0. The maximum absolute atomic E-state index is 5.34. The first-order valence-electron chi connectivity index (χ1n) is 19.2. The van der Waals surface area contributed by atoms with Gasteiger partial charge in [0, 0.05) is 6.42 Å². The summed E-state index contributed by atoms with van der Waals surface area (Å²) in [5.74, 6) is 2.71. The molecule has 0 atom stereocenters. The van der Waals surface area contributed by atoms with E-state index in [1.54, 1.807) is 0 Å². The first-order chi connectivity index (χ1) is 22.9. The minimum absolute atomic E-state index is 0.846. The summed E-state index contributed by atoms with van der Waals surface area (Å²) in [6.07, 6.45) is 47.6. The zero-order valence-electron chi connectivity index (χ0n) is 33.5. The molecule has 0 aliphatic carbocycles. The monoisotopic (exact) mass is 653 g/mol. The average Bonchev–Trinajstić information content (AvgIpc) is 3.01. The predicted molar refractivity (Wildman–Crippen MR) is 221 cm³/mol. The molecule has 0 nitrogen and oxygen atoms in total. The molecule has 0 fully saturated rings. The lowest BCUT2D eigenvalue weighted by Gasteiger charge is -2.04. The lowest BCUT2D eigenvalue weighted by Crippen LogP contribution is -1.84. The summed E-state index contributed by atoms with van der Waals surface area (Å²) in [6, 6.07) is 0. The van der Waals surface area contributed by atoms with Gasteiger partial charge in [-0.05, 0) is 178 Å². The molecule has 0 bridgehead atoms. The summed E-state index contributed by atoms with van der Waals surface area (Å²) in [5.41, 5.74) is 13.6. The third kappa shape index (κ3) is 30.5. The Morgan fingerprint density at radius 1 is 0.312 bits per heavy atom. The molecule has 0 rings (SSSR count). The molecule has 0 N–H and O–H groups in total. The second-order valence-corrected chi connectivity index (χ2v) is 14.7. The molecule has 0 aliphatic rings. The van der Waals surface area contributed by atoms with Crippen LogP contribution in [0.15, 0.2) is 105 Å². The molecule has 0 aromatic rings. The molecule has 0 radical (unpaired) electrons. The highest BCUT2D eigenvalue weighted by atomic mass is 14.0. The van der Waals surface area contributed by atoms with Crippen LogP contribution in [0.5, 0.6) is 0 Å². The van der Waals surface area contributed by atoms with Gasteiger partial charge in [0.25, 0.3) is 0 Å². The van der Waals surface area contributed by atoms with Crippen LogP contribution in [-0.2, 0) is 0 Å². The zero-order valence-corrected chi connectivity index (χ0v) is 33.5. The number of allylic oxidation sites excluding steroid dienone is 18. The Morgan fingerprint density at radius 2 is 0.500 bits per heavy atom. The highest BCUT2D eigenvalue weighted by Gasteiger charge is 1.97. The van der Waals surface area contributed by atoms with E-state index in [4.69, 9.17) is 6.42 Å². The van der Waals surface area contributed by atoms with Crippen LogP contribution in [0.25, 0.3) is 0 Å². The highest BCUT2D eigenvalue weighted by molar-refractivity contribution is 5.10. The van der Waals surface area contributed by atoms with Crippen molar-refractivity contribution in [1.82, 2.24) is 0 Å². The van der Waals surface area contributed by atoms with Crippen LogP contribution in [0, 0.1) is 12.3 Å². The van der Waals surface area contributed by atoms with Crippen LogP contribution < -0.4 is 0 Å². The summed E-state index contributed by atoms with van der Waals surface area (Å²) in [7, 11) is 0. The molecule has 48 heavy (non-hydrogen) atoms.